The van der Waals surface area contributed by atoms with Gasteiger partial charge in [-0.25, -0.2) is 35.2 Å². The minimum absolute atomic E-state index is 0.00891. The standard InChI is InChI=1S/C36H3N17/c1-13-14(9-37)49-29-23-20(18(27(29)48-13)15(10-38)41-2)24-22(26(34(44-5)45-6)32-30(24)50-17(12-40)33(43-4)51-32)25-21(23)19(16(11-39)42-3)28-31(25)53-36(47-8)35(46-7)52-28/h1H3/b18-15+,19-16-. The summed E-state index contributed by atoms with van der Waals surface area (Å²) in [5.74, 6) is -1.98. The van der Waals surface area contributed by atoms with Crippen molar-refractivity contribution in [2.24, 2.45) is 0 Å². The molecule has 0 aliphatic heterocycles. The van der Waals surface area contributed by atoms with Crippen LogP contribution in [0.2, 0.25) is 0 Å². The maximum Gasteiger partial charge on any atom is 0.531 e. The fraction of sp³-hybridized carbons (Fsp3) is 0.0278. The summed E-state index contributed by atoms with van der Waals surface area (Å²) in [7, 11) is 0. The number of rotatable bonds is 0. The van der Waals surface area contributed by atoms with Crippen molar-refractivity contribution in [1.29, 1.82) is 21.0 Å². The highest BCUT2D eigenvalue weighted by Crippen LogP contribution is 2.64. The summed E-state index contributed by atoms with van der Waals surface area (Å²) < 4.78 is 0. The Labute approximate surface area is 297 Å². The van der Waals surface area contributed by atoms with Crippen molar-refractivity contribution in [3.05, 3.63) is 148 Å². The first-order valence-corrected chi connectivity index (χ1v) is 14.2. The van der Waals surface area contributed by atoms with Crippen LogP contribution in [0.5, 0.6) is 0 Å². The zero-order valence-electron chi connectivity index (χ0n) is 26.1. The van der Waals surface area contributed by atoms with Crippen LogP contribution in [-0.2, 0) is 0 Å². The lowest BCUT2D eigenvalue weighted by molar-refractivity contribution is 1.08. The summed E-state index contributed by atoms with van der Waals surface area (Å²) >= 11 is 0. The fourth-order valence-corrected chi connectivity index (χ4v) is 6.47. The SMILES string of the molecule is [C-]#[N+]C([N+]#[C-])=C1c2nc([N+]#[C-])c(C#N)nc2-c2c1c1c(c3c2/C(=C(/C#N)[N+]#[C-])c2nc(C)c(C#N)nc2-3)/C(=C(\C#N)[N+]#[C-])c2nc([N+]#[C-])c([N+]#[C-])nc2-1. The Balaban J connectivity index is 1.93. The smallest absolute Gasteiger partial charge is 0.370 e. The lowest BCUT2D eigenvalue weighted by atomic mass is 9.85. The normalized spacial score (nSPS) is 13.2. The van der Waals surface area contributed by atoms with E-state index in [0.717, 1.165) is 0 Å². The molecule has 17 nitrogen and oxygen atoms in total. The molecule has 17 heteroatoms. The zero-order valence-corrected chi connectivity index (χ0v) is 26.1. The molecule has 0 saturated carbocycles. The van der Waals surface area contributed by atoms with Gasteiger partial charge in [-0.3, -0.25) is 0 Å². The van der Waals surface area contributed by atoms with E-state index < -0.39 is 40.4 Å². The van der Waals surface area contributed by atoms with Crippen LogP contribution in [0, 0.1) is 98.3 Å². The third kappa shape index (κ3) is 3.87. The number of benzene rings is 1. The molecule has 0 saturated heterocycles. The molecule has 0 atom stereocenters. The summed E-state index contributed by atoms with van der Waals surface area (Å²) in [6.45, 7) is 56.4. The van der Waals surface area contributed by atoms with Gasteiger partial charge < -0.3 is 14.5 Å². The summed E-state index contributed by atoms with van der Waals surface area (Å²) in [6, 6.07) is 7.46. The second-order valence-corrected chi connectivity index (χ2v) is 10.6. The number of aromatic nitrogens is 6. The Morgan fingerprint density at radius 2 is 0.849 bits per heavy atom. The van der Waals surface area contributed by atoms with Gasteiger partial charge in [0, 0.05) is 27.8 Å². The summed E-state index contributed by atoms with van der Waals surface area (Å²) in [6.07, 6.45) is 0. The summed E-state index contributed by atoms with van der Waals surface area (Å²) in [5.41, 5.74) is -3.02. The van der Waals surface area contributed by atoms with E-state index >= 15 is 0 Å². The van der Waals surface area contributed by atoms with Crippen LogP contribution in [0.15, 0.2) is 17.2 Å². The number of fused-ring (bicyclic) bond motifs is 12. The maximum atomic E-state index is 10.3. The average Bonchev–Trinajstić information content (AvgIpc) is 3.80. The van der Waals surface area contributed by atoms with Gasteiger partial charge in [0.15, 0.2) is 17.1 Å². The largest absolute Gasteiger partial charge is 0.531 e. The van der Waals surface area contributed by atoms with Crippen LogP contribution >= 0.6 is 0 Å². The lowest BCUT2D eigenvalue weighted by Gasteiger charge is -2.16. The number of hydrogen-bond acceptors (Lipinski definition) is 10. The highest BCUT2D eigenvalue weighted by atomic mass is 15.0. The van der Waals surface area contributed by atoms with Gasteiger partial charge in [-0.05, 0) is 18.1 Å². The van der Waals surface area contributed by atoms with Crippen molar-refractivity contribution in [2.75, 3.05) is 0 Å². The van der Waals surface area contributed by atoms with Gasteiger partial charge in [-0.2, -0.15) is 20.2 Å². The minimum atomic E-state index is -0.589. The number of nitrogens with zero attached hydrogens (tertiary/aromatic N) is 17. The first kappa shape index (κ1) is 31.7. The van der Waals surface area contributed by atoms with Crippen molar-refractivity contribution < 1.29 is 0 Å². The second kappa shape index (κ2) is 11.4. The molecule has 0 fully saturated rings. The van der Waals surface area contributed by atoms with Crippen molar-refractivity contribution in [2.45, 2.75) is 6.92 Å². The average molecular weight is 674 g/mol. The third-order valence-electron chi connectivity index (χ3n) is 8.35. The van der Waals surface area contributed by atoms with E-state index in [1.807, 2.05) is 24.3 Å². The van der Waals surface area contributed by atoms with Crippen LogP contribution in [-0.4, -0.2) is 29.9 Å². The van der Waals surface area contributed by atoms with Crippen molar-refractivity contribution in [3.63, 3.8) is 0 Å². The molecule has 0 amide bonds. The Morgan fingerprint density at radius 1 is 0.453 bits per heavy atom. The van der Waals surface area contributed by atoms with Crippen LogP contribution in [0.1, 0.15) is 50.9 Å². The topological polar surface area (TPSA) is 203 Å². The highest BCUT2D eigenvalue weighted by molar-refractivity contribution is 6.22. The van der Waals surface area contributed by atoms with Gasteiger partial charge in [-0.15, -0.1) is 15.0 Å². The molecule has 0 radical (unpaired) electrons. The molecule has 232 valence electrons. The zero-order chi connectivity index (χ0) is 37.9. The second-order valence-electron chi connectivity index (χ2n) is 10.6. The van der Waals surface area contributed by atoms with Gasteiger partial charge in [-0.1, -0.05) is 19.7 Å². The predicted octanol–water partition coefficient (Wildman–Crippen LogP) is 6.66. The predicted molar refractivity (Wildman–Crippen MR) is 178 cm³/mol. The van der Waals surface area contributed by atoms with E-state index in [-0.39, 0.29) is 95.7 Å². The molecule has 0 unspecified atom stereocenters. The number of allylic oxidation sites excluding steroid dienone is 2. The molecule has 0 bridgehead atoms. The van der Waals surface area contributed by atoms with Crippen LogP contribution < -0.4 is 0 Å². The molecule has 3 heterocycles. The quantitative estimate of drug-likeness (QED) is 0.124. The maximum absolute atomic E-state index is 10.3. The molecule has 3 aliphatic rings. The molecule has 1 aromatic carbocycles. The molecule has 0 spiro atoms. The first-order chi connectivity index (χ1) is 25.7. The molecule has 3 aromatic heterocycles. The lowest BCUT2D eigenvalue weighted by Crippen LogP contribution is -2.00. The van der Waals surface area contributed by atoms with Gasteiger partial charge in [0.05, 0.1) is 47.9 Å². The van der Waals surface area contributed by atoms with E-state index in [4.69, 9.17) is 46.0 Å². The van der Waals surface area contributed by atoms with Crippen molar-refractivity contribution in [1.82, 2.24) is 29.9 Å². The Morgan fingerprint density at radius 3 is 1.28 bits per heavy atom. The van der Waals surface area contributed by atoms with E-state index in [1.54, 1.807) is 0 Å². The fourth-order valence-electron chi connectivity index (χ4n) is 6.47. The third-order valence-corrected chi connectivity index (χ3v) is 8.35. The van der Waals surface area contributed by atoms with E-state index in [0.29, 0.717) is 0 Å². The van der Waals surface area contributed by atoms with Crippen LogP contribution in [0.4, 0.5) is 17.5 Å². The van der Waals surface area contributed by atoms with Crippen molar-refractivity contribution in [3.8, 4) is 58.0 Å². The Bertz CT molecular complexity index is 3120. The molecule has 0 N–H and O–H groups in total. The molecule has 3 aliphatic carbocycles. The molecular formula is C36H3N17. The van der Waals surface area contributed by atoms with Gasteiger partial charge >= 0.3 is 11.6 Å². The summed E-state index contributed by atoms with van der Waals surface area (Å²) in [4.78, 5) is 50.5. The number of aryl methyl sites for hydroxylation is 1. The van der Waals surface area contributed by atoms with Crippen LogP contribution in [0.3, 0.4) is 0 Å². The van der Waals surface area contributed by atoms with E-state index in [2.05, 4.69) is 63.8 Å². The number of nitriles is 4. The first-order valence-electron chi connectivity index (χ1n) is 14.2. The highest BCUT2D eigenvalue weighted by Gasteiger charge is 2.51. The monoisotopic (exact) mass is 673 g/mol. The van der Waals surface area contributed by atoms with Crippen LogP contribution in [0.25, 0.3) is 84.4 Å². The Kier molecular flexibility index (Phi) is 6.78. The molecule has 7 rings (SSSR count). The molecule has 53 heavy (non-hydrogen) atoms. The van der Waals surface area contributed by atoms with Gasteiger partial charge in [0.25, 0.3) is 23.0 Å². The molecular weight excluding hydrogens is 671 g/mol. The minimum Gasteiger partial charge on any atom is -0.370 e. The van der Waals surface area contributed by atoms with E-state index in [9.17, 15) is 21.0 Å². The van der Waals surface area contributed by atoms with Crippen molar-refractivity contribution >= 4 is 34.2 Å². The van der Waals surface area contributed by atoms with Gasteiger partial charge in [0.2, 0.25) is 11.4 Å². The molecule has 4 aromatic rings. The van der Waals surface area contributed by atoms with E-state index in [1.165, 1.54) is 6.92 Å². The Hall–Kier alpha value is -9.93. The van der Waals surface area contributed by atoms with Gasteiger partial charge in [0.1, 0.15) is 36.5 Å². The summed E-state index contributed by atoms with van der Waals surface area (Å²) in [5, 5.41) is 40.6. The number of hydrogen-bond donors (Lipinski definition) is 0.